The van der Waals surface area contributed by atoms with E-state index in [2.05, 4.69) is 20.4 Å². The fourth-order valence-electron chi connectivity index (χ4n) is 1.78. The van der Waals surface area contributed by atoms with Gasteiger partial charge in [0.1, 0.15) is 0 Å². The van der Waals surface area contributed by atoms with Crippen molar-refractivity contribution >= 4 is 17.7 Å². The number of pyridine rings is 1. The summed E-state index contributed by atoms with van der Waals surface area (Å²) in [5.41, 5.74) is 0.776. The number of hydrogen-bond donors (Lipinski definition) is 1. The van der Waals surface area contributed by atoms with Crippen molar-refractivity contribution in [2.24, 2.45) is 5.92 Å². The van der Waals surface area contributed by atoms with Crippen molar-refractivity contribution in [1.29, 1.82) is 0 Å². The molecule has 7 heteroatoms. The van der Waals surface area contributed by atoms with Crippen LogP contribution in [0.4, 0.5) is 0 Å². The molecule has 2 aromatic rings. The Balaban J connectivity index is 1.50. The Morgan fingerprint density at radius 1 is 1.48 bits per heavy atom. The molecule has 1 N–H and O–H groups in total. The molecule has 110 valence electrons. The highest BCUT2D eigenvalue weighted by atomic mass is 32.2. The maximum Gasteiger partial charge on any atom is 0.259 e. The number of aromatic nitrogens is 3. The Morgan fingerprint density at radius 3 is 2.95 bits per heavy atom. The lowest BCUT2D eigenvalue weighted by Gasteiger charge is -2.03. The van der Waals surface area contributed by atoms with Gasteiger partial charge in [0.2, 0.25) is 5.91 Å². The molecular formula is C14H16N4O2S. The minimum atomic E-state index is 0.0605. The van der Waals surface area contributed by atoms with Gasteiger partial charge in [0, 0.05) is 12.7 Å². The molecule has 0 saturated heterocycles. The number of aryl methyl sites for hydroxylation is 1. The maximum absolute atomic E-state index is 11.6. The van der Waals surface area contributed by atoms with Gasteiger partial charge >= 0.3 is 0 Å². The number of carbonyl (C=O) groups excluding carboxylic acids is 1. The van der Waals surface area contributed by atoms with Crippen molar-refractivity contribution < 1.29 is 9.32 Å². The number of carbonyl (C=O) groups is 1. The number of hydrogen-bond acceptors (Lipinski definition) is 6. The molecule has 0 bridgehead atoms. The lowest BCUT2D eigenvalue weighted by molar-refractivity contribution is -0.118. The standard InChI is InChI=1S/C14H16N4O2S/c1-9-17-14(20-18-9)11-4-5-13(16-7-11)21-8-12(19)15-6-10-2-3-10/h4-5,7,10H,2-3,6,8H2,1H3,(H,15,19). The molecule has 0 spiro atoms. The molecule has 3 rings (SSSR count). The molecule has 6 nitrogen and oxygen atoms in total. The topological polar surface area (TPSA) is 80.9 Å². The van der Waals surface area contributed by atoms with Gasteiger partial charge in [-0.15, -0.1) is 0 Å². The van der Waals surface area contributed by atoms with Crippen LogP contribution in [0.5, 0.6) is 0 Å². The van der Waals surface area contributed by atoms with Crippen molar-refractivity contribution in [2.75, 3.05) is 12.3 Å². The zero-order chi connectivity index (χ0) is 14.7. The molecule has 2 heterocycles. The first-order chi connectivity index (χ1) is 10.2. The number of amides is 1. The molecule has 1 aliphatic rings. The Morgan fingerprint density at radius 2 is 2.33 bits per heavy atom. The fourth-order valence-corrected chi connectivity index (χ4v) is 2.45. The summed E-state index contributed by atoms with van der Waals surface area (Å²) >= 11 is 1.42. The summed E-state index contributed by atoms with van der Waals surface area (Å²) in [6.07, 6.45) is 4.16. The highest BCUT2D eigenvalue weighted by Gasteiger charge is 2.21. The summed E-state index contributed by atoms with van der Waals surface area (Å²) in [4.78, 5) is 20.1. The van der Waals surface area contributed by atoms with E-state index in [9.17, 15) is 4.79 Å². The van der Waals surface area contributed by atoms with Gasteiger partial charge in [-0.3, -0.25) is 4.79 Å². The zero-order valence-corrected chi connectivity index (χ0v) is 12.5. The first-order valence-corrected chi connectivity index (χ1v) is 7.85. The Labute approximate surface area is 126 Å². The van der Waals surface area contributed by atoms with Crippen LogP contribution >= 0.6 is 11.8 Å². The second-order valence-electron chi connectivity index (χ2n) is 5.07. The number of nitrogens with one attached hydrogen (secondary N) is 1. The van der Waals surface area contributed by atoms with Crippen LogP contribution in [-0.2, 0) is 4.79 Å². The fraction of sp³-hybridized carbons (Fsp3) is 0.429. The van der Waals surface area contributed by atoms with E-state index in [1.807, 2.05) is 12.1 Å². The van der Waals surface area contributed by atoms with Gasteiger partial charge in [-0.25, -0.2) is 4.98 Å². The van der Waals surface area contributed by atoms with E-state index < -0.39 is 0 Å². The van der Waals surface area contributed by atoms with E-state index in [0.29, 0.717) is 23.4 Å². The molecule has 2 aromatic heterocycles. The summed E-state index contributed by atoms with van der Waals surface area (Å²) in [6, 6.07) is 3.72. The second-order valence-corrected chi connectivity index (χ2v) is 6.06. The Bertz CT molecular complexity index is 622. The van der Waals surface area contributed by atoms with Gasteiger partial charge in [0.05, 0.1) is 16.3 Å². The third-order valence-corrected chi connectivity index (χ3v) is 4.09. The highest BCUT2D eigenvalue weighted by Crippen LogP contribution is 2.27. The molecule has 0 aliphatic heterocycles. The molecule has 1 amide bonds. The molecule has 0 atom stereocenters. The number of thioether (sulfide) groups is 1. The van der Waals surface area contributed by atoms with Crippen LogP contribution in [0.2, 0.25) is 0 Å². The van der Waals surface area contributed by atoms with Crippen LogP contribution in [0.15, 0.2) is 27.9 Å². The average molecular weight is 304 g/mol. The molecule has 1 aliphatic carbocycles. The third-order valence-electron chi connectivity index (χ3n) is 3.15. The van der Waals surface area contributed by atoms with Crippen molar-refractivity contribution in [3.05, 3.63) is 24.2 Å². The summed E-state index contributed by atoms with van der Waals surface area (Å²) in [6.45, 7) is 2.58. The van der Waals surface area contributed by atoms with Crippen LogP contribution in [-0.4, -0.2) is 33.3 Å². The normalized spacial score (nSPS) is 14.1. The van der Waals surface area contributed by atoms with Crippen LogP contribution in [0.25, 0.3) is 11.5 Å². The quantitative estimate of drug-likeness (QED) is 0.823. The molecule has 0 unspecified atom stereocenters. The zero-order valence-electron chi connectivity index (χ0n) is 11.7. The SMILES string of the molecule is Cc1noc(-c2ccc(SCC(=O)NCC3CC3)nc2)n1. The van der Waals surface area contributed by atoms with Gasteiger partial charge in [-0.05, 0) is 37.8 Å². The first-order valence-electron chi connectivity index (χ1n) is 6.87. The molecule has 1 saturated carbocycles. The maximum atomic E-state index is 11.6. The van der Waals surface area contributed by atoms with Crippen molar-refractivity contribution in [1.82, 2.24) is 20.4 Å². The van der Waals surface area contributed by atoms with Crippen LogP contribution < -0.4 is 5.32 Å². The molecule has 0 radical (unpaired) electrons. The lowest BCUT2D eigenvalue weighted by atomic mass is 10.3. The summed E-state index contributed by atoms with van der Waals surface area (Å²) in [5.74, 6) is 2.20. The smallest absolute Gasteiger partial charge is 0.259 e. The van der Waals surface area contributed by atoms with E-state index in [1.54, 1.807) is 13.1 Å². The predicted octanol–water partition coefficient (Wildman–Crippen LogP) is 2.06. The first kappa shape index (κ1) is 14.1. The molecular weight excluding hydrogens is 288 g/mol. The Kier molecular flexibility index (Phi) is 4.19. The van der Waals surface area contributed by atoms with E-state index in [4.69, 9.17) is 4.52 Å². The van der Waals surface area contributed by atoms with Gasteiger partial charge in [-0.2, -0.15) is 4.98 Å². The monoisotopic (exact) mass is 304 g/mol. The average Bonchev–Trinajstić information content (AvgIpc) is 3.23. The van der Waals surface area contributed by atoms with Crippen LogP contribution in [0.1, 0.15) is 18.7 Å². The van der Waals surface area contributed by atoms with E-state index in [0.717, 1.165) is 17.1 Å². The van der Waals surface area contributed by atoms with Crippen molar-refractivity contribution in [3.63, 3.8) is 0 Å². The summed E-state index contributed by atoms with van der Waals surface area (Å²) in [7, 11) is 0. The van der Waals surface area contributed by atoms with Crippen LogP contribution in [0, 0.1) is 12.8 Å². The Hall–Kier alpha value is -1.89. The van der Waals surface area contributed by atoms with Crippen molar-refractivity contribution in [3.8, 4) is 11.5 Å². The molecule has 0 aromatic carbocycles. The minimum absolute atomic E-state index is 0.0605. The number of nitrogens with zero attached hydrogens (tertiary/aromatic N) is 3. The highest BCUT2D eigenvalue weighted by molar-refractivity contribution is 7.99. The third kappa shape index (κ3) is 4.04. The van der Waals surface area contributed by atoms with Gasteiger partial charge in [0.25, 0.3) is 5.89 Å². The molecule has 21 heavy (non-hydrogen) atoms. The van der Waals surface area contributed by atoms with Crippen molar-refractivity contribution in [2.45, 2.75) is 24.8 Å². The summed E-state index contributed by atoms with van der Waals surface area (Å²) < 4.78 is 5.08. The molecule has 1 fully saturated rings. The summed E-state index contributed by atoms with van der Waals surface area (Å²) in [5, 5.41) is 7.48. The largest absolute Gasteiger partial charge is 0.355 e. The van der Waals surface area contributed by atoms with Gasteiger partial charge < -0.3 is 9.84 Å². The van der Waals surface area contributed by atoms with E-state index in [1.165, 1.54) is 24.6 Å². The van der Waals surface area contributed by atoms with E-state index in [-0.39, 0.29) is 5.91 Å². The minimum Gasteiger partial charge on any atom is -0.355 e. The van der Waals surface area contributed by atoms with Crippen LogP contribution in [0.3, 0.4) is 0 Å². The predicted molar refractivity (Wildman–Crippen MR) is 78.7 cm³/mol. The van der Waals surface area contributed by atoms with E-state index >= 15 is 0 Å². The second kappa shape index (κ2) is 6.26. The number of rotatable bonds is 6. The lowest BCUT2D eigenvalue weighted by Crippen LogP contribution is -2.27. The van der Waals surface area contributed by atoms with Gasteiger partial charge in [-0.1, -0.05) is 16.9 Å². The van der Waals surface area contributed by atoms with Gasteiger partial charge in [0.15, 0.2) is 5.82 Å².